The highest BCUT2D eigenvalue weighted by atomic mass is 19.1. The number of nitro groups is 1. The van der Waals surface area contributed by atoms with Gasteiger partial charge in [0.05, 0.1) is 4.92 Å². The fourth-order valence-electron chi connectivity index (χ4n) is 1.89. The Kier molecular flexibility index (Phi) is 2.82. The number of benzene rings is 1. The van der Waals surface area contributed by atoms with Crippen molar-refractivity contribution in [1.29, 1.82) is 0 Å². The molecule has 0 spiro atoms. The van der Waals surface area contributed by atoms with Gasteiger partial charge in [0.25, 0.3) is 0 Å². The molecule has 1 aliphatic carbocycles. The number of hydrogen-bond donors (Lipinski definition) is 1. The lowest BCUT2D eigenvalue weighted by Crippen LogP contribution is -2.30. The number of halogens is 2. The van der Waals surface area contributed by atoms with E-state index in [9.17, 15) is 18.9 Å². The van der Waals surface area contributed by atoms with Crippen molar-refractivity contribution < 1.29 is 13.7 Å². The number of nitrogens with one attached hydrogen (secondary N) is 1. The minimum absolute atomic E-state index is 0.142. The summed E-state index contributed by atoms with van der Waals surface area (Å²) in [5.74, 6) is -1.79. The van der Waals surface area contributed by atoms with Crippen LogP contribution in [0.1, 0.15) is 18.4 Å². The Morgan fingerprint density at radius 3 is 2.59 bits per heavy atom. The molecule has 1 aliphatic rings. The molecule has 0 aromatic heterocycles. The van der Waals surface area contributed by atoms with E-state index in [1.165, 1.54) is 0 Å². The lowest BCUT2D eigenvalue weighted by molar-refractivity contribution is -0.387. The first-order valence-corrected chi connectivity index (χ1v) is 5.29. The predicted octanol–water partition coefficient (Wildman–Crippen LogP) is 2.17. The topological polar surface area (TPSA) is 55.2 Å². The lowest BCUT2D eigenvalue weighted by Gasteiger charge is -2.14. The van der Waals surface area contributed by atoms with Crippen LogP contribution in [0.4, 0.5) is 14.5 Å². The Morgan fingerprint density at radius 1 is 1.47 bits per heavy atom. The number of hydrogen-bond acceptors (Lipinski definition) is 3. The molecule has 4 nitrogen and oxygen atoms in total. The van der Waals surface area contributed by atoms with Crippen molar-refractivity contribution in [3.63, 3.8) is 0 Å². The van der Waals surface area contributed by atoms with Crippen LogP contribution in [0.3, 0.4) is 0 Å². The van der Waals surface area contributed by atoms with Gasteiger partial charge < -0.3 is 5.32 Å². The SMILES string of the molecule is CNC1(Cc2c(F)ccc([N+](=O)[O-])c2F)CC1. The zero-order chi connectivity index (χ0) is 12.6. The monoisotopic (exact) mass is 242 g/mol. The molecule has 6 heteroatoms. The highest BCUT2D eigenvalue weighted by molar-refractivity contribution is 5.39. The molecule has 92 valence electrons. The molecule has 0 radical (unpaired) electrons. The Bertz CT molecular complexity index is 473. The maximum Gasteiger partial charge on any atom is 0.305 e. The van der Waals surface area contributed by atoms with Crippen molar-refractivity contribution in [2.45, 2.75) is 24.8 Å². The van der Waals surface area contributed by atoms with Gasteiger partial charge in [-0.2, -0.15) is 4.39 Å². The molecule has 1 saturated carbocycles. The normalized spacial score (nSPS) is 16.9. The van der Waals surface area contributed by atoms with Crippen LogP contribution >= 0.6 is 0 Å². The van der Waals surface area contributed by atoms with Gasteiger partial charge in [0.2, 0.25) is 5.82 Å². The van der Waals surface area contributed by atoms with Crippen molar-refractivity contribution in [2.24, 2.45) is 0 Å². The van der Waals surface area contributed by atoms with Gasteiger partial charge in [0.15, 0.2) is 0 Å². The Morgan fingerprint density at radius 2 is 2.12 bits per heavy atom. The molecule has 0 bridgehead atoms. The van der Waals surface area contributed by atoms with E-state index in [0.717, 1.165) is 25.0 Å². The summed E-state index contributed by atoms with van der Waals surface area (Å²) in [4.78, 5) is 9.73. The summed E-state index contributed by atoms with van der Waals surface area (Å²) in [5, 5.41) is 13.6. The number of likely N-dealkylation sites (N-methyl/N-ethyl adjacent to an activating group) is 1. The van der Waals surface area contributed by atoms with E-state index >= 15 is 0 Å². The third-order valence-corrected chi connectivity index (χ3v) is 3.26. The molecule has 2 rings (SSSR count). The van der Waals surface area contributed by atoms with Crippen LogP contribution in [0.25, 0.3) is 0 Å². The average molecular weight is 242 g/mol. The highest BCUT2D eigenvalue weighted by Crippen LogP contribution is 2.40. The molecule has 1 aromatic carbocycles. The number of nitrogens with zero attached hydrogens (tertiary/aromatic N) is 1. The van der Waals surface area contributed by atoms with Crippen molar-refractivity contribution in [3.8, 4) is 0 Å². The Hall–Kier alpha value is -1.56. The summed E-state index contributed by atoms with van der Waals surface area (Å²) in [5.41, 5.74) is -1.17. The Labute approximate surface area is 96.8 Å². The first-order chi connectivity index (χ1) is 7.99. The van der Waals surface area contributed by atoms with Crippen molar-refractivity contribution in [2.75, 3.05) is 7.05 Å². The molecular formula is C11H12F2N2O2. The average Bonchev–Trinajstić information content (AvgIpc) is 3.04. The molecule has 0 aliphatic heterocycles. The Balaban J connectivity index is 2.38. The second-order valence-corrected chi connectivity index (χ2v) is 4.32. The summed E-state index contributed by atoms with van der Waals surface area (Å²) in [6.07, 6.45) is 1.79. The van der Waals surface area contributed by atoms with Gasteiger partial charge in [0, 0.05) is 17.2 Å². The molecule has 0 atom stereocenters. The van der Waals surface area contributed by atoms with E-state index < -0.39 is 22.2 Å². The van der Waals surface area contributed by atoms with Crippen molar-refractivity contribution in [1.82, 2.24) is 5.32 Å². The molecule has 17 heavy (non-hydrogen) atoms. The van der Waals surface area contributed by atoms with Crippen LogP contribution in [0.5, 0.6) is 0 Å². The molecule has 0 heterocycles. The van der Waals surface area contributed by atoms with E-state index in [4.69, 9.17) is 0 Å². The first kappa shape index (κ1) is 11.9. The molecule has 0 unspecified atom stereocenters. The van der Waals surface area contributed by atoms with Crippen LogP contribution in [0, 0.1) is 21.7 Å². The lowest BCUT2D eigenvalue weighted by atomic mass is 10.0. The van der Waals surface area contributed by atoms with Crippen LogP contribution in [0.2, 0.25) is 0 Å². The van der Waals surface area contributed by atoms with E-state index in [2.05, 4.69) is 5.32 Å². The van der Waals surface area contributed by atoms with Gasteiger partial charge in [-0.1, -0.05) is 0 Å². The van der Waals surface area contributed by atoms with Gasteiger partial charge in [0.1, 0.15) is 5.82 Å². The van der Waals surface area contributed by atoms with Gasteiger partial charge in [-0.25, -0.2) is 4.39 Å². The van der Waals surface area contributed by atoms with Crippen molar-refractivity contribution >= 4 is 5.69 Å². The van der Waals surface area contributed by atoms with Gasteiger partial charge in [-0.15, -0.1) is 0 Å². The molecule has 1 fully saturated rings. The van der Waals surface area contributed by atoms with E-state index in [1.54, 1.807) is 7.05 Å². The van der Waals surface area contributed by atoms with Gasteiger partial charge in [-0.3, -0.25) is 10.1 Å². The number of nitro benzene ring substituents is 1. The van der Waals surface area contributed by atoms with Crippen molar-refractivity contribution in [3.05, 3.63) is 39.4 Å². The third kappa shape index (κ3) is 2.12. The third-order valence-electron chi connectivity index (χ3n) is 3.26. The second-order valence-electron chi connectivity index (χ2n) is 4.32. The minimum atomic E-state index is -1.06. The molecule has 0 amide bonds. The van der Waals surface area contributed by atoms with Crippen LogP contribution in [0.15, 0.2) is 12.1 Å². The molecule has 1 N–H and O–H groups in total. The zero-order valence-corrected chi connectivity index (χ0v) is 9.30. The molecular weight excluding hydrogens is 230 g/mol. The van der Waals surface area contributed by atoms with Gasteiger partial charge in [-0.05, 0) is 32.4 Å². The standard InChI is InChI=1S/C11H12F2N2O2/c1-14-11(4-5-11)6-7-8(12)2-3-9(10(7)13)15(16)17/h2-3,14H,4-6H2,1H3. The van der Waals surface area contributed by atoms with Crippen LogP contribution in [-0.4, -0.2) is 17.5 Å². The maximum atomic E-state index is 13.8. The summed E-state index contributed by atoms with van der Waals surface area (Å²) in [7, 11) is 1.72. The summed E-state index contributed by atoms with van der Waals surface area (Å²) in [6, 6.07) is 1.80. The smallest absolute Gasteiger partial charge is 0.305 e. The molecule has 1 aromatic rings. The summed E-state index contributed by atoms with van der Waals surface area (Å²) in [6.45, 7) is 0. The van der Waals surface area contributed by atoms with Crippen LogP contribution in [-0.2, 0) is 6.42 Å². The number of rotatable bonds is 4. The fourth-order valence-corrected chi connectivity index (χ4v) is 1.89. The predicted molar refractivity (Wildman–Crippen MR) is 57.7 cm³/mol. The second kappa shape index (κ2) is 4.03. The zero-order valence-electron chi connectivity index (χ0n) is 9.30. The van der Waals surface area contributed by atoms with E-state index in [-0.39, 0.29) is 17.5 Å². The highest BCUT2D eigenvalue weighted by Gasteiger charge is 2.42. The largest absolute Gasteiger partial charge is 0.314 e. The fraction of sp³-hybridized carbons (Fsp3) is 0.455. The summed E-state index contributed by atoms with van der Waals surface area (Å²) < 4.78 is 27.3. The summed E-state index contributed by atoms with van der Waals surface area (Å²) >= 11 is 0. The minimum Gasteiger partial charge on any atom is -0.314 e. The maximum absolute atomic E-state index is 13.8. The van der Waals surface area contributed by atoms with Crippen LogP contribution < -0.4 is 5.32 Å². The first-order valence-electron chi connectivity index (χ1n) is 5.29. The quantitative estimate of drug-likeness (QED) is 0.650. The van der Waals surface area contributed by atoms with Gasteiger partial charge >= 0.3 is 5.69 Å². The molecule has 0 saturated heterocycles. The van der Waals surface area contributed by atoms with E-state index in [0.29, 0.717) is 0 Å². The van der Waals surface area contributed by atoms with E-state index in [1.807, 2.05) is 0 Å².